The number of rotatable bonds is 6. The van der Waals surface area contributed by atoms with Crippen LogP contribution in [0.1, 0.15) is 24.0 Å². The Morgan fingerprint density at radius 3 is 2.47 bits per heavy atom. The molecule has 1 heterocycles. The highest BCUT2D eigenvalue weighted by atomic mass is 19.4. The first-order valence-corrected chi connectivity index (χ1v) is 6.06. The summed E-state index contributed by atoms with van der Waals surface area (Å²) in [4.78, 5) is 8.55. The Hall–Kier alpha value is -1.37. The molecule has 7 heteroatoms. The van der Waals surface area contributed by atoms with E-state index in [4.69, 9.17) is 0 Å². The maximum Gasteiger partial charge on any atom is 0.411 e. The van der Waals surface area contributed by atoms with Crippen molar-refractivity contribution in [2.75, 3.05) is 25.6 Å². The van der Waals surface area contributed by atoms with Crippen molar-refractivity contribution in [3.05, 3.63) is 17.1 Å². The van der Waals surface area contributed by atoms with Crippen molar-refractivity contribution in [3.63, 3.8) is 0 Å². The summed E-state index contributed by atoms with van der Waals surface area (Å²) in [6, 6.07) is 0. The van der Waals surface area contributed by atoms with Gasteiger partial charge in [0.05, 0.1) is 6.61 Å². The summed E-state index contributed by atoms with van der Waals surface area (Å²) in [6.07, 6.45) is -3.23. The number of aryl methyl sites for hydroxylation is 1. The number of alkyl halides is 3. The summed E-state index contributed by atoms with van der Waals surface area (Å²) in [6.45, 7) is 2.57. The van der Waals surface area contributed by atoms with E-state index < -0.39 is 12.8 Å². The molecule has 0 fully saturated rings. The Balaban J connectivity index is 2.62. The third kappa shape index (κ3) is 5.02. The van der Waals surface area contributed by atoms with Crippen molar-refractivity contribution in [2.45, 2.75) is 32.9 Å². The minimum atomic E-state index is -4.29. The number of halogens is 3. The molecule has 19 heavy (non-hydrogen) atoms. The molecule has 1 aromatic heterocycles. The zero-order valence-corrected chi connectivity index (χ0v) is 11.3. The van der Waals surface area contributed by atoms with Crippen LogP contribution in [0.2, 0.25) is 0 Å². The van der Waals surface area contributed by atoms with E-state index in [1.54, 1.807) is 7.05 Å². The fraction of sp³-hybridized carbons (Fsp3) is 0.667. The Labute approximate surface area is 110 Å². The molecule has 0 amide bonds. The van der Waals surface area contributed by atoms with E-state index in [9.17, 15) is 13.2 Å². The molecule has 0 atom stereocenters. The van der Waals surface area contributed by atoms with Gasteiger partial charge in [0, 0.05) is 24.7 Å². The van der Waals surface area contributed by atoms with Gasteiger partial charge >= 0.3 is 6.18 Å². The molecule has 0 saturated carbocycles. The normalized spacial score (nSPS) is 11.7. The summed E-state index contributed by atoms with van der Waals surface area (Å²) in [5.74, 6) is 1.21. The van der Waals surface area contributed by atoms with Gasteiger partial charge in [0.2, 0.25) is 0 Å². The van der Waals surface area contributed by atoms with Crippen molar-refractivity contribution in [1.29, 1.82) is 0 Å². The topological polar surface area (TPSA) is 47.0 Å². The Morgan fingerprint density at radius 2 is 1.95 bits per heavy atom. The van der Waals surface area contributed by atoms with Crippen LogP contribution in [-0.4, -0.2) is 36.4 Å². The average molecular weight is 277 g/mol. The molecule has 0 spiro atoms. The van der Waals surface area contributed by atoms with Crippen LogP contribution in [0.15, 0.2) is 0 Å². The lowest BCUT2D eigenvalue weighted by molar-refractivity contribution is -0.173. The van der Waals surface area contributed by atoms with Crippen molar-refractivity contribution in [3.8, 4) is 0 Å². The average Bonchev–Trinajstić information content (AvgIpc) is 2.32. The molecule has 0 aromatic carbocycles. The number of hydrogen-bond acceptors (Lipinski definition) is 4. The summed E-state index contributed by atoms with van der Waals surface area (Å²) in [5, 5.41) is 2.97. The number of nitrogens with zero attached hydrogens (tertiary/aromatic N) is 2. The fourth-order valence-corrected chi connectivity index (χ4v) is 1.75. The largest absolute Gasteiger partial charge is 0.411 e. The van der Waals surface area contributed by atoms with Crippen molar-refractivity contribution in [1.82, 2.24) is 9.97 Å². The van der Waals surface area contributed by atoms with Crippen molar-refractivity contribution < 1.29 is 17.9 Å². The first-order chi connectivity index (χ1) is 8.87. The van der Waals surface area contributed by atoms with E-state index in [2.05, 4.69) is 20.0 Å². The van der Waals surface area contributed by atoms with Crippen LogP contribution in [0.5, 0.6) is 0 Å². The van der Waals surface area contributed by atoms with Gasteiger partial charge in [0.1, 0.15) is 18.2 Å². The molecule has 0 saturated heterocycles. The van der Waals surface area contributed by atoms with Gasteiger partial charge in [-0.15, -0.1) is 0 Å². The highest BCUT2D eigenvalue weighted by molar-refractivity contribution is 5.45. The summed E-state index contributed by atoms with van der Waals surface area (Å²) < 4.78 is 40.2. The summed E-state index contributed by atoms with van der Waals surface area (Å²) in [5.41, 5.74) is 1.86. The van der Waals surface area contributed by atoms with Crippen molar-refractivity contribution in [2.24, 2.45) is 0 Å². The first kappa shape index (κ1) is 15.7. The van der Waals surface area contributed by atoms with Crippen LogP contribution in [0.25, 0.3) is 0 Å². The van der Waals surface area contributed by atoms with E-state index in [0.717, 1.165) is 23.5 Å². The maximum atomic E-state index is 11.9. The quantitative estimate of drug-likeness (QED) is 0.812. The van der Waals surface area contributed by atoms with Crippen LogP contribution in [-0.2, 0) is 17.6 Å². The van der Waals surface area contributed by atoms with Crippen LogP contribution in [0, 0.1) is 6.92 Å². The zero-order valence-electron chi connectivity index (χ0n) is 11.3. The Bertz CT molecular complexity index is 421. The molecule has 0 bridgehead atoms. The standard InChI is InChI=1S/C12H18F3N3O/c1-4-9-8(2)17-10(18-11(9)16-3)5-6-19-7-12(13,14)15/h4-7H2,1-3H3,(H,16,17,18). The first-order valence-electron chi connectivity index (χ1n) is 6.06. The van der Waals surface area contributed by atoms with Crippen LogP contribution >= 0.6 is 0 Å². The second kappa shape index (κ2) is 6.70. The lowest BCUT2D eigenvalue weighted by Gasteiger charge is -2.12. The smallest absolute Gasteiger partial charge is 0.373 e. The van der Waals surface area contributed by atoms with Gasteiger partial charge in [-0.1, -0.05) is 6.92 Å². The lowest BCUT2D eigenvalue weighted by atomic mass is 10.1. The second-order valence-corrected chi connectivity index (χ2v) is 4.07. The summed E-state index contributed by atoms with van der Waals surface area (Å²) in [7, 11) is 1.75. The van der Waals surface area contributed by atoms with Gasteiger partial charge in [0.25, 0.3) is 0 Å². The van der Waals surface area contributed by atoms with Gasteiger partial charge in [-0.3, -0.25) is 0 Å². The minimum absolute atomic E-state index is 0.0480. The third-order valence-corrected chi connectivity index (χ3v) is 2.59. The van der Waals surface area contributed by atoms with E-state index in [0.29, 0.717) is 5.82 Å². The monoisotopic (exact) mass is 277 g/mol. The molecule has 0 aliphatic rings. The Kier molecular flexibility index (Phi) is 5.53. The van der Waals surface area contributed by atoms with Gasteiger partial charge in [-0.2, -0.15) is 13.2 Å². The van der Waals surface area contributed by atoms with Gasteiger partial charge in [0.15, 0.2) is 0 Å². The van der Waals surface area contributed by atoms with Gasteiger partial charge < -0.3 is 10.1 Å². The Morgan fingerprint density at radius 1 is 1.26 bits per heavy atom. The number of hydrogen-bond donors (Lipinski definition) is 1. The van der Waals surface area contributed by atoms with Gasteiger partial charge in [-0.25, -0.2) is 9.97 Å². The molecule has 0 aliphatic heterocycles. The van der Waals surface area contributed by atoms with Crippen LogP contribution in [0.4, 0.5) is 19.0 Å². The molecule has 4 nitrogen and oxygen atoms in total. The molecule has 0 unspecified atom stereocenters. The molecule has 0 aliphatic carbocycles. The number of nitrogens with one attached hydrogen (secondary N) is 1. The molecule has 108 valence electrons. The predicted molar refractivity (Wildman–Crippen MR) is 66.3 cm³/mol. The van der Waals surface area contributed by atoms with E-state index in [1.807, 2.05) is 13.8 Å². The molecule has 1 rings (SSSR count). The third-order valence-electron chi connectivity index (χ3n) is 2.59. The van der Waals surface area contributed by atoms with E-state index in [-0.39, 0.29) is 13.0 Å². The van der Waals surface area contributed by atoms with E-state index >= 15 is 0 Å². The zero-order chi connectivity index (χ0) is 14.5. The predicted octanol–water partition coefficient (Wildman–Crippen LogP) is 2.51. The van der Waals surface area contributed by atoms with E-state index in [1.165, 1.54) is 0 Å². The lowest BCUT2D eigenvalue weighted by Crippen LogP contribution is -2.18. The van der Waals surface area contributed by atoms with Gasteiger partial charge in [-0.05, 0) is 13.3 Å². The molecule has 1 aromatic rings. The molecule has 1 N–H and O–H groups in total. The molecular weight excluding hydrogens is 259 g/mol. The highest BCUT2D eigenvalue weighted by Gasteiger charge is 2.27. The van der Waals surface area contributed by atoms with Crippen LogP contribution in [0.3, 0.4) is 0 Å². The highest BCUT2D eigenvalue weighted by Crippen LogP contribution is 2.17. The minimum Gasteiger partial charge on any atom is -0.373 e. The van der Waals surface area contributed by atoms with Crippen molar-refractivity contribution >= 4 is 5.82 Å². The number of ether oxygens (including phenoxy) is 1. The summed E-state index contributed by atoms with van der Waals surface area (Å²) >= 11 is 0. The SMILES string of the molecule is CCc1c(C)nc(CCOCC(F)(F)F)nc1NC. The fourth-order valence-electron chi connectivity index (χ4n) is 1.75. The second-order valence-electron chi connectivity index (χ2n) is 4.07. The van der Waals surface area contributed by atoms with Crippen LogP contribution < -0.4 is 5.32 Å². The number of aromatic nitrogens is 2. The molecular formula is C12H18F3N3O. The molecule has 0 radical (unpaired) electrons. The number of anilines is 1. The maximum absolute atomic E-state index is 11.9.